The number of carbonyl (C=O) groups excluding carboxylic acids is 2. The molecule has 24 heavy (non-hydrogen) atoms. The quantitative estimate of drug-likeness (QED) is 0.864. The predicted molar refractivity (Wildman–Crippen MR) is 91.3 cm³/mol. The third-order valence-electron chi connectivity index (χ3n) is 4.23. The van der Waals surface area contributed by atoms with Crippen LogP contribution in [0.1, 0.15) is 20.7 Å². The van der Waals surface area contributed by atoms with Crippen LogP contribution >= 0.6 is 0 Å². The van der Waals surface area contributed by atoms with Gasteiger partial charge in [-0.2, -0.15) is 0 Å². The van der Waals surface area contributed by atoms with Crippen LogP contribution < -0.4 is 4.90 Å². The Morgan fingerprint density at radius 3 is 2.12 bits per heavy atom. The Hall–Kier alpha value is -2.76. The Balaban J connectivity index is 1.63. The Bertz CT molecular complexity index is 717. The van der Waals surface area contributed by atoms with Gasteiger partial charge < -0.3 is 19.1 Å². The highest BCUT2D eigenvalue weighted by Crippen LogP contribution is 2.17. The molecule has 1 aromatic carbocycles. The summed E-state index contributed by atoms with van der Waals surface area (Å²) in [4.78, 5) is 30.5. The van der Waals surface area contributed by atoms with Crippen molar-refractivity contribution in [2.75, 3.05) is 45.2 Å². The van der Waals surface area contributed by atoms with Crippen LogP contribution in [0, 0.1) is 0 Å². The Morgan fingerprint density at radius 1 is 0.958 bits per heavy atom. The highest BCUT2D eigenvalue weighted by Gasteiger charge is 2.26. The molecule has 2 aromatic rings. The number of amides is 2. The first-order valence-electron chi connectivity index (χ1n) is 7.94. The van der Waals surface area contributed by atoms with Crippen molar-refractivity contribution in [3.63, 3.8) is 0 Å². The van der Waals surface area contributed by atoms with Gasteiger partial charge in [-0.3, -0.25) is 9.59 Å². The molecule has 0 unspecified atom stereocenters. The first kappa shape index (κ1) is 16.1. The molecule has 2 heterocycles. The van der Waals surface area contributed by atoms with Gasteiger partial charge in [-0.25, -0.2) is 0 Å². The third kappa shape index (κ3) is 3.27. The van der Waals surface area contributed by atoms with E-state index in [1.807, 2.05) is 43.3 Å². The molecule has 0 aliphatic carbocycles. The number of carbonyl (C=O) groups is 2. The normalized spacial score (nSPS) is 14.6. The summed E-state index contributed by atoms with van der Waals surface area (Å²) in [5, 5.41) is 0. The van der Waals surface area contributed by atoms with E-state index in [1.54, 1.807) is 15.9 Å². The van der Waals surface area contributed by atoms with E-state index < -0.39 is 0 Å². The molecule has 1 aromatic heterocycles. The molecular weight excluding hydrogens is 306 g/mol. The molecule has 6 nitrogen and oxygen atoms in total. The standard InChI is InChI=1S/C18H21N3O3/c1-19(2)16-5-3-4-14(12-16)17(22)20-7-9-21(10-8-20)18(23)15-6-11-24-13-15/h3-6,11-13H,7-10H2,1-2H3. The average molecular weight is 327 g/mol. The van der Waals surface area contributed by atoms with E-state index >= 15 is 0 Å². The number of furan rings is 1. The average Bonchev–Trinajstić information content (AvgIpc) is 3.15. The van der Waals surface area contributed by atoms with Crippen molar-refractivity contribution in [2.45, 2.75) is 0 Å². The zero-order valence-corrected chi connectivity index (χ0v) is 13.9. The lowest BCUT2D eigenvalue weighted by Crippen LogP contribution is -2.50. The Kier molecular flexibility index (Phi) is 4.55. The van der Waals surface area contributed by atoms with Crippen molar-refractivity contribution in [1.82, 2.24) is 9.80 Å². The fourth-order valence-corrected chi connectivity index (χ4v) is 2.78. The lowest BCUT2D eigenvalue weighted by Gasteiger charge is -2.34. The van der Waals surface area contributed by atoms with Crippen molar-refractivity contribution < 1.29 is 14.0 Å². The van der Waals surface area contributed by atoms with Gasteiger partial charge in [0.1, 0.15) is 6.26 Å². The summed E-state index contributed by atoms with van der Waals surface area (Å²) in [6.45, 7) is 2.13. The molecule has 6 heteroatoms. The molecule has 0 spiro atoms. The molecule has 0 N–H and O–H groups in total. The molecule has 1 saturated heterocycles. The maximum Gasteiger partial charge on any atom is 0.257 e. The van der Waals surface area contributed by atoms with Gasteiger partial charge in [0.25, 0.3) is 11.8 Å². The Labute approximate surface area is 141 Å². The van der Waals surface area contributed by atoms with Crippen molar-refractivity contribution in [3.05, 3.63) is 54.0 Å². The van der Waals surface area contributed by atoms with Gasteiger partial charge in [-0.05, 0) is 24.3 Å². The number of benzene rings is 1. The van der Waals surface area contributed by atoms with Crippen LogP contribution in [0.15, 0.2) is 47.3 Å². The molecule has 0 saturated carbocycles. The summed E-state index contributed by atoms with van der Waals surface area (Å²) in [6, 6.07) is 9.25. The van der Waals surface area contributed by atoms with Gasteiger partial charge in [0.05, 0.1) is 11.8 Å². The zero-order valence-electron chi connectivity index (χ0n) is 13.9. The molecule has 0 radical (unpaired) electrons. The van der Waals surface area contributed by atoms with Crippen LogP contribution in [0.25, 0.3) is 0 Å². The summed E-state index contributed by atoms with van der Waals surface area (Å²) in [7, 11) is 3.90. The van der Waals surface area contributed by atoms with Crippen LogP contribution in [0.2, 0.25) is 0 Å². The SMILES string of the molecule is CN(C)c1cccc(C(=O)N2CCN(C(=O)c3ccoc3)CC2)c1. The first-order chi connectivity index (χ1) is 11.6. The molecule has 126 valence electrons. The minimum absolute atomic E-state index is 0.00844. The second kappa shape index (κ2) is 6.78. The van der Waals surface area contributed by atoms with Crippen molar-refractivity contribution in [2.24, 2.45) is 0 Å². The van der Waals surface area contributed by atoms with Gasteiger partial charge in [-0.15, -0.1) is 0 Å². The lowest BCUT2D eigenvalue weighted by molar-refractivity contribution is 0.0535. The topological polar surface area (TPSA) is 57.0 Å². The van der Waals surface area contributed by atoms with E-state index in [9.17, 15) is 9.59 Å². The number of nitrogens with zero attached hydrogens (tertiary/aromatic N) is 3. The number of hydrogen-bond acceptors (Lipinski definition) is 4. The largest absolute Gasteiger partial charge is 0.472 e. The summed E-state index contributed by atoms with van der Waals surface area (Å²) < 4.78 is 4.96. The van der Waals surface area contributed by atoms with Crippen molar-refractivity contribution >= 4 is 17.5 Å². The van der Waals surface area contributed by atoms with Crippen LogP contribution in [0.3, 0.4) is 0 Å². The van der Waals surface area contributed by atoms with E-state index in [2.05, 4.69) is 0 Å². The van der Waals surface area contributed by atoms with E-state index in [1.165, 1.54) is 12.5 Å². The van der Waals surface area contributed by atoms with Crippen LogP contribution in [0.4, 0.5) is 5.69 Å². The highest BCUT2D eigenvalue weighted by atomic mass is 16.3. The number of rotatable bonds is 3. The minimum Gasteiger partial charge on any atom is -0.472 e. The fourth-order valence-electron chi connectivity index (χ4n) is 2.78. The van der Waals surface area contributed by atoms with Gasteiger partial charge in [0.15, 0.2) is 0 Å². The maximum atomic E-state index is 12.7. The summed E-state index contributed by atoms with van der Waals surface area (Å²) >= 11 is 0. The molecule has 1 aliphatic heterocycles. The van der Waals surface area contributed by atoms with Crippen molar-refractivity contribution in [3.8, 4) is 0 Å². The molecule has 3 rings (SSSR count). The number of piperazine rings is 1. The molecular formula is C18H21N3O3. The van der Waals surface area contributed by atoms with Crippen LogP contribution in [-0.4, -0.2) is 61.9 Å². The molecule has 2 amide bonds. The zero-order chi connectivity index (χ0) is 17.1. The van der Waals surface area contributed by atoms with E-state index in [0.29, 0.717) is 37.3 Å². The molecule has 1 aliphatic rings. The smallest absolute Gasteiger partial charge is 0.257 e. The second-order valence-electron chi connectivity index (χ2n) is 6.04. The third-order valence-corrected chi connectivity index (χ3v) is 4.23. The molecule has 1 fully saturated rings. The summed E-state index contributed by atoms with van der Waals surface area (Å²) in [5.74, 6) is -0.0421. The van der Waals surface area contributed by atoms with E-state index in [0.717, 1.165) is 5.69 Å². The number of hydrogen-bond donors (Lipinski definition) is 0. The summed E-state index contributed by atoms with van der Waals surface area (Å²) in [6.07, 6.45) is 2.94. The monoisotopic (exact) mass is 327 g/mol. The summed E-state index contributed by atoms with van der Waals surface area (Å²) in [5.41, 5.74) is 2.22. The maximum absolute atomic E-state index is 12.7. The van der Waals surface area contributed by atoms with Gasteiger partial charge in [0, 0.05) is 51.5 Å². The van der Waals surface area contributed by atoms with Gasteiger partial charge in [-0.1, -0.05) is 6.07 Å². The van der Waals surface area contributed by atoms with Crippen LogP contribution in [-0.2, 0) is 0 Å². The Morgan fingerprint density at radius 2 is 1.58 bits per heavy atom. The minimum atomic E-state index is -0.0505. The second-order valence-corrected chi connectivity index (χ2v) is 6.04. The first-order valence-corrected chi connectivity index (χ1v) is 7.94. The van der Waals surface area contributed by atoms with Gasteiger partial charge >= 0.3 is 0 Å². The van der Waals surface area contributed by atoms with E-state index in [-0.39, 0.29) is 11.8 Å². The molecule has 0 atom stereocenters. The fraction of sp³-hybridized carbons (Fsp3) is 0.333. The van der Waals surface area contributed by atoms with Crippen LogP contribution in [0.5, 0.6) is 0 Å². The van der Waals surface area contributed by atoms with Crippen molar-refractivity contribution in [1.29, 1.82) is 0 Å². The van der Waals surface area contributed by atoms with Gasteiger partial charge in [0.2, 0.25) is 0 Å². The van der Waals surface area contributed by atoms with E-state index in [4.69, 9.17) is 4.42 Å². The number of anilines is 1. The lowest BCUT2D eigenvalue weighted by atomic mass is 10.1. The highest BCUT2D eigenvalue weighted by molar-refractivity contribution is 5.96. The predicted octanol–water partition coefficient (Wildman–Crippen LogP) is 1.94. The molecule has 0 bridgehead atoms.